The first-order chi connectivity index (χ1) is 22.2. The number of hydrogen-bond donors (Lipinski definition) is 0. The second kappa shape index (κ2) is 11.1. The summed E-state index contributed by atoms with van der Waals surface area (Å²) in [6.45, 7) is 6.11. The molecule has 212 valence electrons. The maximum atomic E-state index is 3.96. The van der Waals surface area contributed by atoms with E-state index >= 15 is 0 Å². The van der Waals surface area contributed by atoms with Gasteiger partial charge in [0.15, 0.2) is 0 Å². The molecule has 0 radical (unpaired) electrons. The fourth-order valence-corrected chi connectivity index (χ4v) is 6.89. The molecular formula is C45H32. The topological polar surface area (TPSA) is 0 Å². The summed E-state index contributed by atoms with van der Waals surface area (Å²) >= 11 is 0. The Morgan fingerprint density at radius 1 is 0.378 bits per heavy atom. The summed E-state index contributed by atoms with van der Waals surface area (Å²) in [6.07, 6.45) is 1.92. The smallest absolute Gasteiger partial charge is 0.00262 e. The van der Waals surface area contributed by atoms with Gasteiger partial charge in [0.25, 0.3) is 0 Å². The first-order valence-corrected chi connectivity index (χ1v) is 15.5. The number of aryl methyl sites for hydroxylation is 1. The molecule has 0 unspecified atom stereocenters. The first-order valence-electron chi connectivity index (χ1n) is 15.5. The number of rotatable bonds is 5. The van der Waals surface area contributed by atoms with Crippen molar-refractivity contribution in [3.05, 3.63) is 175 Å². The van der Waals surface area contributed by atoms with Gasteiger partial charge in [0.05, 0.1) is 0 Å². The van der Waals surface area contributed by atoms with E-state index in [0.29, 0.717) is 0 Å². The van der Waals surface area contributed by atoms with Gasteiger partial charge in [-0.3, -0.25) is 0 Å². The van der Waals surface area contributed by atoms with E-state index in [-0.39, 0.29) is 0 Å². The average Bonchev–Trinajstić information content (AvgIpc) is 3.10. The molecule has 0 bridgehead atoms. The summed E-state index contributed by atoms with van der Waals surface area (Å²) < 4.78 is 0. The van der Waals surface area contributed by atoms with Gasteiger partial charge in [0.1, 0.15) is 0 Å². The molecule has 8 aromatic rings. The van der Waals surface area contributed by atoms with Gasteiger partial charge in [0, 0.05) is 0 Å². The highest BCUT2D eigenvalue weighted by atomic mass is 14.2. The predicted octanol–water partition coefficient (Wildman–Crippen LogP) is 12.8. The quantitative estimate of drug-likeness (QED) is 0.180. The van der Waals surface area contributed by atoms with Crippen molar-refractivity contribution in [2.24, 2.45) is 0 Å². The maximum Gasteiger partial charge on any atom is -0.00262 e. The molecule has 0 aliphatic heterocycles. The van der Waals surface area contributed by atoms with Crippen LogP contribution in [0.1, 0.15) is 11.1 Å². The predicted molar refractivity (Wildman–Crippen MR) is 196 cm³/mol. The van der Waals surface area contributed by atoms with E-state index in [1.54, 1.807) is 0 Å². The molecule has 0 aliphatic carbocycles. The van der Waals surface area contributed by atoms with Crippen LogP contribution in [0.3, 0.4) is 0 Å². The molecule has 0 heteroatoms. The third kappa shape index (κ3) is 4.72. The lowest BCUT2D eigenvalue weighted by Crippen LogP contribution is -1.91. The molecule has 8 rings (SSSR count). The van der Waals surface area contributed by atoms with Crippen LogP contribution in [-0.2, 0) is 0 Å². The second-order valence-corrected chi connectivity index (χ2v) is 11.8. The van der Waals surface area contributed by atoms with E-state index in [2.05, 4.69) is 171 Å². The molecule has 0 nitrogen and oxygen atoms in total. The van der Waals surface area contributed by atoms with Crippen LogP contribution in [0.15, 0.2) is 164 Å². The maximum absolute atomic E-state index is 3.96. The van der Waals surface area contributed by atoms with Gasteiger partial charge in [-0.2, -0.15) is 0 Å². The molecule has 0 fully saturated rings. The Bertz CT molecular complexity index is 2330. The van der Waals surface area contributed by atoms with Crippen LogP contribution in [0, 0.1) is 6.92 Å². The van der Waals surface area contributed by atoms with Crippen molar-refractivity contribution < 1.29 is 0 Å². The van der Waals surface area contributed by atoms with Crippen LogP contribution in [-0.4, -0.2) is 0 Å². The Balaban J connectivity index is 1.29. The normalized spacial score (nSPS) is 11.3. The first kappa shape index (κ1) is 26.9. The van der Waals surface area contributed by atoms with Crippen LogP contribution in [0.25, 0.3) is 82.9 Å². The van der Waals surface area contributed by atoms with Gasteiger partial charge < -0.3 is 0 Å². The second-order valence-electron chi connectivity index (χ2n) is 11.8. The Labute approximate surface area is 264 Å². The molecule has 0 saturated heterocycles. The Morgan fingerprint density at radius 3 is 1.51 bits per heavy atom. The molecule has 0 spiro atoms. The molecule has 0 atom stereocenters. The van der Waals surface area contributed by atoms with Crippen LogP contribution in [0.2, 0.25) is 0 Å². The SMILES string of the molecule is C=Cc1ccc(-c2cccc(-c3c4ccccc4c(-c4ccc(-c5ccc6ccccc6c5)cc4)c4ccccc34)c2)cc1C. The van der Waals surface area contributed by atoms with Gasteiger partial charge in [-0.05, 0) is 107 Å². The van der Waals surface area contributed by atoms with Crippen molar-refractivity contribution in [1.82, 2.24) is 0 Å². The van der Waals surface area contributed by atoms with Crippen molar-refractivity contribution in [2.45, 2.75) is 6.92 Å². The van der Waals surface area contributed by atoms with Crippen LogP contribution < -0.4 is 0 Å². The van der Waals surface area contributed by atoms with Crippen molar-refractivity contribution >= 4 is 38.4 Å². The van der Waals surface area contributed by atoms with Crippen LogP contribution >= 0.6 is 0 Å². The molecule has 0 aliphatic rings. The summed E-state index contributed by atoms with van der Waals surface area (Å²) in [6, 6.07) is 57.7. The summed E-state index contributed by atoms with van der Waals surface area (Å²) in [5, 5.41) is 7.59. The van der Waals surface area contributed by atoms with Gasteiger partial charge in [0.2, 0.25) is 0 Å². The number of hydrogen-bond acceptors (Lipinski definition) is 0. The Morgan fingerprint density at radius 2 is 0.867 bits per heavy atom. The van der Waals surface area contributed by atoms with E-state index in [0.717, 1.165) is 0 Å². The highest BCUT2D eigenvalue weighted by Crippen LogP contribution is 2.44. The van der Waals surface area contributed by atoms with Crippen LogP contribution in [0.4, 0.5) is 0 Å². The molecule has 0 saturated carbocycles. The van der Waals surface area contributed by atoms with Crippen molar-refractivity contribution in [3.63, 3.8) is 0 Å². The number of fused-ring (bicyclic) bond motifs is 3. The molecule has 0 heterocycles. The fourth-order valence-electron chi connectivity index (χ4n) is 6.89. The lowest BCUT2D eigenvalue weighted by molar-refractivity contribution is 1.44. The van der Waals surface area contributed by atoms with Gasteiger partial charge in [-0.25, -0.2) is 0 Å². The molecule has 0 N–H and O–H groups in total. The summed E-state index contributed by atoms with van der Waals surface area (Å²) in [5.74, 6) is 0. The summed E-state index contributed by atoms with van der Waals surface area (Å²) in [5.41, 5.74) is 12.3. The van der Waals surface area contributed by atoms with E-state index in [9.17, 15) is 0 Å². The molecule has 0 aromatic heterocycles. The van der Waals surface area contributed by atoms with E-state index < -0.39 is 0 Å². The van der Waals surface area contributed by atoms with Crippen molar-refractivity contribution in [1.29, 1.82) is 0 Å². The minimum absolute atomic E-state index is 1.17. The van der Waals surface area contributed by atoms with E-state index in [1.165, 1.54) is 88.0 Å². The third-order valence-electron chi connectivity index (χ3n) is 9.16. The minimum Gasteiger partial charge on any atom is -0.0985 e. The molecule has 8 aromatic carbocycles. The van der Waals surface area contributed by atoms with Crippen molar-refractivity contribution in [2.75, 3.05) is 0 Å². The summed E-state index contributed by atoms with van der Waals surface area (Å²) in [4.78, 5) is 0. The Hall–Kier alpha value is -5.72. The van der Waals surface area contributed by atoms with Crippen LogP contribution in [0.5, 0.6) is 0 Å². The number of benzene rings is 8. The third-order valence-corrected chi connectivity index (χ3v) is 9.16. The summed E-state index contributed by atoms with van der Waals surface area (Å²) in [7, 11) is 0. The largest absolute Gasteiger partial charge is 0.0985 e. The standard InChI is InChI=1S/C45H32/c1-3-31-19-25-37(27-30(31)2)36-13-10-14-39(29-36)45-42-17-8-6-15-40(42)44(41-16-7-9-18-43(41)45)34-23-20-33(21-24-34)38-26-22-32-11-4-5-12-35(32)28-38/h3-29H,1H2,2H3. The monoisotopic (exact) mass is 572 g/mol. The minimum atomic E-state index is 1.17. The highest BCUT2D eigenvalue weighted by molar-refractivity contribution is 6.21. The zero-order valence-corrected chi connectivity index (χ0v) is 25.3. The van der Waals surface area contributed by atoms with E-state index in [4.69, 9.17) is 0 Å². The van der Waals surface area contributed by atoms with Gasteiger partial charge >= 0.3 is 0 Å². The van der Waals surface area contributed by atoms with Gasteiger partial charge in [-0.1, -0.05) is 158 Å². The zero-order chi connectivity index (χ0) is 30.3. The van der Waals surface area contributed by atoms with E-state index in [1.807, 2.05) is 6.08 Å². The average molecular weight is 573 g/mol. The fraction of sp³-hybridized carbons (Fsp3) is 0.0222. The van der Waals surface area contributed by atoms with Crippen molar-refractivity contribution in [3.8, 4) is 44.5 Å². The lowest BCUT2D eigenvalue weighted by atomic mass is 9.85. The van der Waals surface area contributed by atoms with Gasteiger partial charge in [-0.15, -0.1) is 0 Å². The lowest BCUT2D eigenvalue weighted by Gasteiger charge is -2.18. The Kier molecular flexibility index (Phi) is 6.62. The molecule has 45 heavy (non-hydrogen) atoms. The molecular weight excluding hydrogens is 540 g/mol. The highest BCUT2D eigenvalue weighted by Gasteiger charge is 2.17. The molecule has 0 amide bonds. The zero-order valence-electron chi connectivity index (χ0n) is 25.3.